The second-order valence-corrected chi connectivity index (χ2v) is 4.28. The third-order valence-corrected chi connectivity index (χ3v) is 2.86. The SMILES string of the molecule is NCc1ccccc1NC(=O)CCCn1cccn1. The lowest BCUT2D eigenvalue weighted by molar-refractivity contribution is -0.116. The van der Waals surface area contributed by atoms with Crippen LogP contribution in [0, 0.1) is 0 Å². The van der Waals surface area contributed by atoms with Gasteiger partial charge in [-0.1, -0.05) is 18.2 Å². The highest BCUT2D eigenvalue weighted by Crippen LogP contribution is 2.14. The fourth-order valence-corrected chi connectivity index (χ4v) is 1.87. The molecule has 0 bridgehead atoms. The van der Waals surface area contributed by atoms with Gasteiger partial charge in [-0.2, -0.15) is 5.10 Å². The normalized spacial score (nSPS) is 10.4. The Morgan fingerprint density at radius 2 is 2.16 bits per heavy atom. The summed E-state index contributed by atoms with van der Waals surface area (Å²) >= 11 is 0. The van der Waals surface area contributed by atoms with Crippen LogP contribution in [0.5, 0.6) is 0 Å². The van der Waals surface area contributed by atoms with Crippen molar-refractivity contribution in [3.05, 3.63) is 48.3 Å². The lowest BCUT2D eigenvalue weighted by Gasteiger charge is -2.09. The van der Waals surface area contributed by atoms with Crippen LogP contribution in [0.1, 0.15) is 18.4 Å². The Labute approximate surface area is 112 Å². The molecule has 3 N–H and O–H groups in total. The van der Waals surface area contributed by atoms with E-state index in [2.05, 4.69) is 10.4 Å². The van der Waals surface area contributed by atoms with Crippen molar-refractivity contribution < 1.29 is 4.79 Å². The van der Waals surface area contributed by atoms with Gasteiger partial charge in [0.2, 0.25) is 5.91 Å². The van der Waals surface area contributed by atoms with Gasteiger partial charge in [0.05, 0.1) is 0 Å². The van der Waals surface area contributed by atoms with E-state index >= 15 is 0 Å². The number of nitrogens with one attached hydrogen (secondary N) is 1. The maximum Gasteiger partial charge on any atom is 0.224 e. The fourth-order valence-electron chi connectivity index (χ4n) is 1.87. The first kappa shape index (κ1) is 13.3. The van der Waals surface area contributed by atoms with Gasteiger partial charge >= 0.3 is 0 Å². The minimum Gasteiger partial charge on any atom is -0.326 e. The Bertz CT molecular complexity index is 522. The van der Waals surface area contributed by atoms with Crippen molar-refractivity contribution in [2.75, 3.05) is 5.32 Å². The highest BCUT2D eigenvalue weighted by Gasteiger charge is 2.05. The molecule has 0 unspecified atom stereocenters. The second-order valence-electron chi connectivity index (χ2n) is 4.28. The number of nitrogens with two attached hydrogens (primary N) is 1. The smallest absolute Gasteiger partial charge is 0.224 e. The van der Waals surface area contributed by atoms with E-state index < -0.39 is 0 Å². The fraction of sp³-hybridized carbons (Fsp3) is 0.286. The molecule has 1 amide bonds. The van der Waals surface area contributed by atoms with Crippen LogP contribution in [-0.4, -0.2) is 15.7 Å². The molecule has 2 aromatic rings. The third-order valence-electron chi connectivity index (χ3n) is 2.86. The van der Waals surface area contributed by atoms with E-state index in [1.54, 1.807) is 6.20 Å². The zero-order valence-corrected chi connectivity index (χ0v) is 10.7. The summed E-state index contributed by atoms with van der Waals surface area (Å²) in [6.45, 7) is 1.17. The molecule has 5 nitrogen and oxygen atoms in total. The highest BCUT2D eigenvalue weighted by molar-refractivity contribution is 5.91. The molecule has 0 fully saturated rings. The van der Waals surface area contributed by atoms with Crippen molar-refractivity contribution in [2.45, 2.75) is 25.9 Å². The number of hydrogen-bond acceptors (Lipinski definition) is 3. The molecule has 0 atom stereocenters. The summed E-state index contributed by atoms with van der Waals surface area (Å²) in [5.74, 6) is 0.00746. The molecule has 0 aliphatic carbocycles. The summed E-state index contributed by atoms with van der Waals surface area (Å²) in [5, 5.41) is 6.99. The molecular formula is C14H18N4O. The highest BCUT2D eigenvalue weighted by atomic mass is 16.1. The summed E-state index contributed by atoms with van der Waals surface area (Å²) in [6.07, 6.45) is 4.86. The maximum atomic E-state index is 11.8. The molecule has 19 heavy (non-hydrogen) atoms. The van der Waals surface area contributed by atoms with Crippen molar-refractivity contribution in [1.82, 2.24) is 9.78 Å². The molecule has 0 aliphatic rings. The predicted molar refractivity (Wildman–Crippen MR) is 74.4 cm³/mol. The van der Waals surface area contributed by atoms with Gasteiger partial charge in [0.15, 0.2) is 0 Å². The number of amides is 1. The first-order valence-corrected chi connectivity index (χ1v) is 6.35. The number of benzene rings is 1. The Kier molecular flexibility index (Phi) is 4.69. The molecular weight excluding hydrogens is 240 g/mol. The quantitative estimate of drug-likeness (QED) is 0.829. The van der Waals surface area contributed by atoms with Gasteiger partial charge < -0.3 is 11.1 Å². The number of aromatic nitrogens is 2. The molecule has 1 heterocycles. The summed E-state index contributed by atoms with van der Waals surface area (Å²) in [6, 6.07) is 9.46. The van der Waals surface area contributed by atoms with E-state index in [1.807, 2.05) is 41.2 Å². The number of para-hydroxylation sites is 1. The van der Waals surface area contributed by atoms with E-state index in [9.17, 15) is 4.79 Å². The van der Waals surface area contributed by atoms with E-state index in [0.717, 1.165) is 24.2 Å². The summed E-state index contributed by atoms with van der Waals surface area (Å²) in [5.41, 5.74) is 7.37. The van der Waals surface area contributed by atoms with Gasteiger partial charge in [-0.15, -0.1) is 0 Å². The second kappa shape index (κ2) is 6.70. The van der Waals surface area contributed by atoms with Crippen molar-refractivity contribution >= 4 is 11.6 Å². The minimum absolute atomic E-state index is 0.00746. The first-order chi connectivity index (χ1) is 9.29. The van der Waals surface area contributed by atoms with Gasteiger partial charge in [0.1, 0.15) is 0 Å². The number of carbonyl (C=O) groups is 1. The Balaban J connectivity index is 1.80. The van der Waals surface area contributed by atoms with Gasteiger partial charge in [-0.3, -0.25) is 9.48 Å². The molecule has 100 valence electrons. The zero-order chi connectivity index (χ0) is 13.5. The van der Waals surface area contributed by atoms with E-state index in [0.29, 0.717) is 13.0 Å². The molecule has 0 aliphatic heterocycles. The van der Waals surface area contributed by atoms with Crippen LogP contribution in [0.2, 0.25) is 0 Å². The average Bonchev–Trinajstić information content (AvgIpc) is 2.92. The lowest BCUT2D eigenvalue weighted by atomic mass is 10.1. The van der Waals surface area contributed by atoms with Crippen LogP contribution >= 0.6 is 0 Å². The van der Waals surface area contributed by atoms with Crippen molar-refractivity contribution in [3.8, 4) is 0 Å². The van der Waals surface area contributed by atoms with Crippen LogP contribution in [0.3, 0.4) is 0 Å². The van der Waals surface area contributed by atoms with Crippen LogP contribution in [-0.2, 0) is 17.9 Å². The molecule has 0 spiro atoms. The summed E-state index contributed by atoms with van der Waals surface area (Å²) in [4.78, 5) is 11.8. The Hall–Kier alpha value is -2.14. The molecule has 1 aromatic heterocycles. The monoisotopic (exact) mass is 258 g/mol. The molecule has 2 rings (SSSR count). The number of carbonyl (C=O) groups excluding carboxylic acids is 1. The summed E-state index contributed by atoms with van der Waals surface area (Å²) < 4.78 is 1.82. The van der Waals surface area contributed by atoms with Crippen LogP contribution in [0.4, 0.5) is 5.69 Å². The third kappa shape index (κ3) is 3.93. The molecule has 5 heteroatoms. The number of hydrogen-bond donors (Lipinski definition) is 2. The zero-order valence-electron chi connectivity index (χ0n) is 10.7. The van der Waals surface area contributed by atoms with Crippen molar-refractivity contribution in [1.29, 1.82) is 0 Å². The Morgan fingerprint density at radius 1 is 1.32 bits per heavy atom. The standard InChI is InChI=1S/C14H18N4O/c15-11-12-5-1-2-6-13(12)17-14(19)7-3-9-18-10-4-8-16-18/h1-2,4-6,8,10H,3,7,9,11,15H2,(H,17,19). The van der Waals surface area contributed by atoms with Crippen LogP contribution in [0.25, 0.3) is 0 Å². The van der Waals surface area contributed by atoms with Gasteiger partial charge in [-0.25, -0.2) is 0 Å². The maximum absolute atomic E-state index is 11.8. The van der Waals surface area contributed by atoms with Gasteiger partial charge in [0, 0.05) is 37.6 Å². The number of anilines is 1. The predicted octanol–water partition coefficient (Wildman–Crippen LogP) is 1.76. The average molecular weight is 258 g/mol. The Morgan fingerprint density at radius 3 is 2.89 bits per heavy atom. The number of rotatable bonds is 6. The summed E-state index contributed by atoms with van der Waals surface area (Å²) in [7, 11) is 0. The van der Waals surface area contributed by atoms with Gasteiger partial charge in [0.25, 0.3) is 0 Å². The van der Waals surface area contributed by atoms with E-state index in [4.69, 9.17) is 5.73 Å². The molecule has 0 saturated carbocycles. The number of aryl methyl sites for hydroxylation is 1. The lowest BCUT2D eigenvalue weighted by Crippen LogP contribution is -2.14. The van der Waals surface area contributed by atoms with Crippen LogP contribution < -0.4 is 11.1 Å². The van der Waals surface area contributed by atoms with E-state index in [-0.39, 0.29) is 5.91 Å². The van der Waals surface area contributed by atoms with Gasteiger partial charge in [-0.05, 0) is 24.1 Å². The van der Waals surface area contributed by atoms with Crippen LogP contribution in [0.15, 0.2) is 42.7 Å². The minimum atomic E-state index is 0.00746. The topological polar surface area (TPSA) is 72.9 Å². The largest absolute Gasteiger partial charge is 0.326 e. The molecule has 1 aromatic carbocycles. The van der Waals surface area contributed by atoms with E-state index in [1.165, 1.54) is 0 Å². The number of nitrogens with zero attached hydrogens (tertiary/aromatic N) is 2. The van der Waals surface area contributed by atoms with Crippen molar-refractivity contribution in [3.63, 3.8) is 0 Å². The van der Waals surface area contributed by atoms with Crippen molar-refractivity contribution in [2.24, 2.45) is 5.73 Å². The molecule has 0 saturated heterocycles. The molecule has 0 radical (unpaired) electrons. The first-order valence-electron chi connectivity index (χ1n) is 6.35.